The first kappa shape index (κ1) is 24.4. The van der Waals surface area contributed by atoms with E-state index in [0.717, 1.165) is 32.8 Å². The summed E-state index contributed by atoms with van der Waals surface area (Å²) in [4.78, 5) is 29.0. The summed E-state index contributed by atoms with van der Waals surface area (Å²) in [7, 11) is 0. The first-order valence-electron chi connectivity index (χ1n) is 12.0. The van der Waals surface area contributed by atoms with Crippen LogP contribution in [0.2, 0.25) is 0 Å². The fourth-order valence-electron chi connectivity index (χ4n) is 4.37. The van der Waals surface area contributed by atoms with Crippen molar-refractivity contribution in [2.24, 2.45) is 5.73 Å². The highest BCUT2D eigenvalue weighted by molar-refractivity contribution is 5.89. The molecule has 4 aromatic rings. The van der Waals surface area contributed by atoms with Gasteiger partial charge in [0.05, 0.1) is 12.6 Å². The molecule has 0 aliphatic heterocycles. The van der Waals surface area contributed by atoms with Gasteiger partial charge < -0.3 is 26.5 Å². The lowest BCUT2D eigenvalue weighted by atomic mass is 10.00. The minimum atomic E-state index is -0.765. The van der Waals surface area contributed by atoms with Gasteiger partial charge >= 0.3 is 0 Å². The monoisotopic (exact) mass is 472 g/mol. The Morgan fingerprint density at radius 2 is 1.71 bits per heavy atom. The number of carbonyl (C=O) groups is 2. The zero-order valence-electron chi connectivity index (χ0n) is 19.7. The molecule has 0 radical (unpaired) electrons. The minimum absolute atomic E-state index is 0.213. The molecule has 182 valence electrons. The van der Waals surface area contributed by atoms with E-state index < -0.39 is 12.1 Å². The summed E-state index contributed by atoms with van der Waals surface area (Å²) in [5.41, 5.74) is 8.50. The number of hydrogen-bond donors (Lipinski definition) is 5. The van der Waals surface area contributed by atoms with Crippen LogP contribution in [-0.2, 0) is 22.4 Å². The molecule has 2 amide bonds. The standard InChI is InChI=1S/C28H32N4O3/c29-13-5-10-27(34)32-26(15-19-11-12-20-6-1-2-7-21(20)14-19)28(35)31-23(18-33)16-22-17-30-25-9-4-3-8-24(22)25/h1-4,6-9,11-12,14,17,23,26,30,33H,5,10,13,15-16,18,29H2,(H,31,35)(H,32,34)/t23?,26-/m1/s1. The van der Waals surface area contributed by atoms with Crippen molar-refractivity contribution in [2.75, 3.05) is 13.2 Å². The van der Waals surface area contributed by atoms with Gasteiger partial charge in [-0.2, -0.15) is 0 Å². The van der Waals surface area contributed by atoms with Crippen LogP contribution in [0, 0.1) is 0 Å². The summed E-state index contributed by atoms with van der Waals surface area (Å²) in [6, 6.07) is 20.7. The third kappa shape index (κ3) is 6.26. The van der Waals surface area contributed by atoms with Crippen molar-refractivity contribution in [3.8, 4) is 0 Å². The van der Waals surface area contributed by atoms with Crippen molar-refractivity contribution >= 4 is 33.5 Å². The zero-order valence-corrected chi connectivity index (χ0v) is 19.7. The zero-order chi connectivity index (χ0) is 24.6. The number of aromatic nitrogens is 1. The molecule has 3 aromatic carbocycles. The van der Waals surface area contributed by atoms with E-state index >= 15 is 0 Å². The molecule has 1 aromatic heterocycles. The van der Waals surface area contributed by atoms with Crippen molar-refractivity contribution < 1.29 is 14.7 Å². The first-order valence-corrected chi connectivity index (χ1v) is 12.0. The number of aliphatic hydroxyl groups excluding tert-OH is 1. The second-order valence-corrected chi connectivity index (χ2v) is 8.85. The third-order valence-electron chi connectivity index (χ3n) is 6.22. The fourth-order valence-corrected chi connectivity index (χ4v) is 4.37. The maximum atomic E-state index is 13.3. The summed E-state index contributed by atoms with van der Waals surface area (Å²) in [6.07, 6.45) is 3.53. The number of amides is 2. The molecule has 6 N–H and O–H groups in total. The van der Waals surface area contributed by atoms with Gasteiger partial charge in [-0.15, -0.1) is 0 Å². The van der Waals surface area contributed by atoms with Crippen molar-refractivity contribution in [3.63, 3.8) is 0 Å². The average molecular weight is 473 g/mol. The van der Waals surface area contributed by atoms with Gasteiger partial charge in [0, 0.05) is 29.9 Å². The van der Waals surface area contributed by atoms with Crippen LogP contribution in [0.5, 0.6) is 0 Å². The van der Waals surface area contributed by atoms with Crippen LogP contribution in [0.4, 0.5) is 0 Å². The largest absolute Gasteiger partial charge is 0.394 e. The molecular weight excluding hydrogens is 440 g/mol. The van der Waals surface area contributed by atoms with Gasteiger partial charge in [0.1, 0.15) is 6.04 Å². The molecular formula is C28H32N4O3. The Bertz CT molecular complexity index is 1300. The van der Waals surface area contributed by atoms with Gasteiger partial charge in [-0.3, -0.25) is 9.59 Å². The minimum Gasteiger partial charge on any atom is -0.394 e. The Labute approximate surface area is 204 Å². The second kappa shape index (κ2) is 11.6. The van der Waals surface area contributed by atoms with E-state index in [4.69, 9.17) is 5.73 Å². The number of H-pyrrole nitrogens is 1. The molecule has 0 saturated carbocycles. The van der Waals surface area contributed by atoms with E-state index in [2.05, 4.69) is 15.6 Å². The number of benzene rings is 3. The van der Waals surface area contributed by atoms with E-state index in [-0.39, 0.29) is 24.8 Å². The molecule has 0 fully saturated rings. The molecule has 0 spiro atoms. The molecule has 2 atom stereocenters. The molecule has 0 saturated heterocycles. The topological polar surface area (TPSA) is 120 Å². The Morgan fingerprint density at radius 1 is 0.943 bits per heavy atom. The SMILES string of the molecule is NCCCC(=O)N[C@H](Cc1ccc2ccccc2c1)C(=O)NC(CO)Cc1c[nH]c2ccccc12. The van der Waals surface area contributed by atoms with E-state index in [0.29, 0.717) is 25.8 Å². The van der Waals surface area contributed by atoms with Crippen LogP contribution >= 0.6 is 0 Å². The number of carbonyl (C=O) groups excluding carboxylic acids is 2. The molecule has 0 aliphatic carbocycles. The summed E-state index contributed by atoms with van der Waals surface area (Å²) in [5, 5.41) is 19.1. The lowest BCUT2D eigenvalue weighted by Gasteiger charge is -2.23. The van der Waals surface area contributed by atoms with Gasteiger partial charge in [0.25, 0.3) is 0 Å². The van der Waals surface area contributed by atoms with Gasteiger partial charge in [0.2, 0.25) is 11.8 Å². The number of hydrogen-bond acceptors (Lipinski definition) is 4. The van der Waals surface area contributed by atoms with Gasteiger partial charge in [-0.05, 0) is 47.4 Å². The van der Waals surface area contributed by atoms with Crippen LogP contribution < -0.4 is 16.4 Å². The van der Waals surface area contributed by atoms with Crippen molar-refractivity contribution in [1.29, 1.82) is 0 Å². The Morgan fingerprint density at radius 3 is 2.51 bits per heavy atom. The predicted molar refractivity (Wildman–Crippen MR) is 139 cm³/mol. The fraction of sp³-hybridized carbons (Fsp3) is 0.286. The van der Waals surface area contributed by atoms with E-state index in [9.17, 15) is 14.7 Å². The Balaban J connectivity index is 1.50. The van der Waals surface area contributed by atoms with E-state index in [1.807, 2.05) is 72.9 Å². The van der Waals surface area contributed by atoms with Gasteiger partial charge in [0.15, 0.2) is 0 Å². The Kier molecular flexibility index (Phi) is 8.13. The van der Waals surface area contributed by atoms with Crippen LogP contribution in [0.1, 0.15) is 24.0 Å². The summed E-state index contributed by atoms with van der Waals surface area (Å²) in [5.74, 6) is -0.535. The van der Waals surface area contributed by atoms with E-state index in [1.165, 1.54) is 0 Å². The maximum Gasteiger partial charge on any atom is 0.243 e. The lowest BCUT2D eigenvalue weighted by molar-refractivity contribution is -0.129. The lowest BCUT2D eigenvalue weighted by Crippen LogP contribution is -2.52. The quantitative estimate of drug-likeness (QED) is 0.231. The molecule has 7 heteroatoms. The molecule has 1 heterocycles. The molecule has 35 heavy (non-hydrogen) atoms. The van der Waals surface area contributed by atoms with Crippen LogP contribution in [0.15, 0.2) is 72.9 Å². The van der Waals surface area contributed by atoms with Crippen LogP contribution in [-0.4, -0.2) is 47.1 Å². The molecule has 0 aliphatic rings. The molecule has 1 unspecified atom stereocenters. The van der Waals surface area contributed by atoms with E-state index in [1.54, 1.807) is 0 Å². The molecule has 4 rings (SSSR count). The van der Waals surface area contributed by atoms with Crippen LogP contribution in [0.3, 0.4) is 0 Å². The highest BCUT2D eigenvalue weighted by Gasteiger charge is 2.24. The molecule has 0 bridgehead atoms. The third-order valence-corrected chi connectivity index (χ3v) is 6.22. The number of rotatable bonds is 11. The van der Waals surface area contributed by atoms with Crippen molar-refractivity contribution in [2.45, 2.75) is 37.8 Å². The number of para-hydroxylation sites is 1. The normalized spacial score (nSPS) is 13.0. The first-order chi connectivity index (χ1) is 17.1. The number of aromatic amines is 1. The Hall–Kier alpha value is -3.68. The predicted octanol–water partition coefficient (Wildman–Crippen LogP) is 2.81. The average Bonchev–Trinajstić information content (AvgIpc) is 3.29. The summed E-state index contributed by atoms with van der Waals surface area (Å²) >= 11 is 0. The highest BCUT2D eigenvalue weighted by atomic mass is 16.3. The summed E-state index contributed by atoms with van der Waals surface area (Å²) < 4.78 is 0. The molecule has 7 nitrogen and oxygen atoms in total. The van der Waals surface area contributed by atoms with Crippen molar-refractivity contribution in [1.82, 2.24) is 15.6 Å². The highest BCUT2D eigenvalue weighted by Crippen LogP contribution is 2.20. The second-order valence-electron chi connectivity index (χ2n) is 8.85. The maximum absolute atomic E-state index is 13.3. The number of nitrogens with one attached hydrogen (secondary N) is 3. The smallest absolute Gasteiger partial charge is 0.243 e. The van der Waals surface area contributed by atoms with Crippen LogP contribution in [0.25, 0.3) is 21.7 Å². The van der Waals surface area contributed by atoms with Crippen molar-refractivity contribution in [3.05, 3.63) is 84.1 Å². The summed E-state index contributed by atoms with van der Waals surface area (Å²) in [6.45, 7) is 0.196. The number of nitrogens with two attached hydrogens (primary N) is 1. The van der Waals surface area contributed by atoms with Gasteiger partial charge in [-0.1, -0.05) is 60.7 Å². The number of aliphatic hydroxyl groups is 1. The number of fused-ring (bicyclic) bond motifs is 2. The van der Waals surface area contributed by atoms with Gasteiger partial charge in [-0.25, -0.2) is 0 Å².